The van der Waals surface area contributed by atoms with Gasteiger partial charge in [-0.05, 0) is 22.4 Å². The van der Waals surface area contributed by atoms with Gasteiger partial charge in [0.2, 0.25) is 0 Å². The third kappa shape index (κ3) is 2.94. The van der Waals surface area contributed by atoms with Gasteiger partial charge in [0.25, 0.3) is 0 Å². The van der Waals surface area contributed by atoms with Crippen molar-refractivity contribution < 1.29 is 4.79 Å². The second-order valence-electron chi connectivity index (χ2n) is 3.28. The average molecular weight is 259 g/mol. The highest BCUT2D eigenvalue weighted by atomic mass is 79.9. The normalized spacial score (nSPS) is 10.4. The topological polar surface area (TPSA) is 34.9 Å². The van der Waals surface area contributed by atoms with Crippen molar-refractivity contribution in [2.45, 2.75) is 39.2 Å². The third-order valence-corrected chi connectivity index (χ3v) is 2.78. The summed E-state index contributed by atoms with van der Waals surface area (Å²) in [5, 5.41) is 4.12. The lowest BCUT2D eigenvalue weighted by Gasteiger charge is -2.02. The summed E-state index contributed by atoms with van der Waals surface area (Å²) in [6.07, 6.45) is 7.28. The lowest BCUT2D eigenvalue weighted by molar-refractivity contribution is 0.111. The molecule has 0 saturated carbocycles. The molecule has 0 unspecified atom stereocenters. The largest absolute Gasteiger partial charge is 0.296 e. The molecular weight excluding hydrogens is 244 g/mol. The molecule has 14 heavy (non-hydrogen) atoms. The molecule has 0 fully saturated rings. The van der Waals surface area contributed by atoms with E-state index in [0.717, 1.165) is 23.7 Å². The van der Waals surface area contributed by atoms with E-state index in [4.69, 9.17) is 0 Å². The summed E-state index contributed by atoms with van der Waals surface area (Å²) in [6.45, 7) is 3.01. The molecule has 3 nitrogen and oxygen atoms in total. The zero-order valence-corrected chi connectivity index (χ0v) is 9.96. The summed E-state index contributed by atoms with van der Waals surface area (Å²) in [4.78, 5) is 10.7. The van der Waals surface area contributed by atoms with Crippen LogP contribution in [0.3, 0.4) is 0 Å². The summed E-state index contributed by atoms with van der Waals surface area (Å²) in [6, 6.07) is 0. The van der Waals surface area contributed by atoms with E-state index >= 15 is 0 Å². The molecule has 1 heterocycles. The second kappa shape index (κ2) is 5.96. The smallest absolute Gasteiger partial charge is 0.169 e. The Hall–Kier alpha value is -0.640. The third-order valence-electron chi connectivity index (χ3n) is 2.17. The minimum Gasteiger partial charge on any atom is -0.296 e. The fourth-order valence-corrected chi connectivity index (χ4v) is 1.75. The number of unbranched alkanes of at least 4 members (excludes halogenated alkanes) is 3. The summed E-state index contributed by atoms with van der Waals surface area (Å²) in [5.41, 5.74) is 0.640. The lowest BCUT2D eigenvalue weighted by Crippen LogP contribution is -2.04. The van der Waals surface area contributed by atoms with Crippen LogP contribution < -0.4 is 0 Å². The highest BCUT2D eigenvalue weighted by Crippen LogP contribution is 2.14. The number of hydrogen-bond acceptors (Lipinski definition) is 2. The number of aromatic nitrogens is 2. The van der Waals surface area contributed by atoms with Crippen molar-refractivity contribution in [2.24, 2.45) is 0 Å². The maximum absolute atomic E-state index is 10.7. The Bertz CT molecular complexity index is 296. The van der Waals surface area contributed by atoms with E-state index in [0.29, 0.717) is 5.69 Å². The molecule has 0 saturated heterocycles. The Balaban J connectivity index is 2.46. The monoisotopic (exact) mass is 258 g/mol. The van der Waals surface area contributed by atoms with Crippen molar-refractivity contribution in [3.63, 3.8) is 0 Å². The van der Waals surface area contributed by atoms with Gasteiger partial charge in [0.15, 0.2) is 6.29 Å². The minimum atomic E-state index is 0.640. The summed E-state index contributed by atoms with van der Waals surface area (Å²) in [7, 11) is 0. The first-order valence-electron chi connectivity index (χ1n) is 4.96. The molecule has 78 valence electrons. The van der Waals surface area contributed by atoms with Crippen LogP contribution in [0.2, 0.25) is 0 Å². The van der Waals surface area contributed by atoms with Gasteiger partial charge in [0.05, 0.1) is 10.7 Å². The van der Waals surface area contributed by atoms with Crippen LogP contribution in [-0.4, -0.2) is 16.1 Å². The molecule has 4 heteroatoms. The second-order valence-corrected chi connectivity index (χ2v) is 4.13. The first-order valence-corrected chi connectivity index (χ1v) is 5.75. The van der Waals surface area contributed by atoms with E-state index in [9.17, 15) is 4.79 Å². The zero-order valence-electron chi connectivity index (χ0n) is 8.37. The summed E-state index contributed by atoms with van der Waals surface area (Å²) < 4.78 is 2.54. The Morgan fingerprint density at radius 3 is 2.93 bits per heavy atom. The van der Waals surface area contributed by atoms with E-state index in [1.54, 1.807) is 10.9 Å². The van der Waals surface area contributed by atoms with Crippen LogP contribution in [0.15, 0.2) is 10.7 Å². The molecule has 0 N–H and O–H groups in total. The summed E-state index contributed by atoms with van der Waals surface area (Å²) >= 11 is 3.29. The van der Waals surface area contributed by atoms with Crippen LogP contribution in [0.5, 0.6) is 0 Å². The Morgan fingerprint density at radius 1 is 1.50 bits per heavy atom. The van der Waals surface area contributed by atoms with Gasteiger partial charge < -0.3 is 0 Å². The highest BCUT2D eigenvalue weighted by molar-refractivity contribution is 9.10. The number of hydrogen-bond donors (Lipinski definition) is 0. The van der Waals surface area contributed by atoms with Gasteiger partial charge in [-0.2, -0.15) is 5.10 Å². The average Bonchev–Trinajstić information content (AvgIpc) is 2.54. The van der Waals surface area contributed by atoms with Gasteiger partial charge in [-0.3, -0.25) is 9.48 Å². The van der Waals surface area contributed by atoms with E-state index in [1.165, 1.54) is 19.3 Å². The molecule has 0 bridgehead atoms. The number of aryl methyl sites for hydroxylation is 1. The summed E-state index contributed by atoms with van der Waals surface area (Å²) in [5.74, 6) is 0. The van der Waals surface area contributed by atoms with Crippen LogP contribution in [0.25, 0.3) is 0 Å². The van der Waals surface area contributed by atoms with Gasteiger partial charge in [0.1, 0.15) is 5.69 Å². The number of carbonyl (C=O) groups excluding carboxylic acids is 1. The van der Waals surface area contributed by atoms with Gasteiger partial charge in [-0.25, -0.2) is 0 Å². The van der Waals surface area contributed by atoms with Gasteiger partial charge in [-0.15, -0.1) is 0 Å². The molecule has 1 rings (SSSR count). The van der Waals surface area contributed by atoms with Crippen molar-refractivity contribution in [3.8, 4) is 0 Å². The molecule has 0 aliphatic heterocycles. The number of nitrogens with zero attached hydrogens (tertiary/aromatic N) is 2. The molecule has 0 aromatic carbocycles. The minimum absolute atomic E-state index is 0.640. The zero-order chi connectivity index (χ0) is 10.4. The Kier molecular flexibility index (Phi) is 4.87. The number of rotatable bonds is 6. The molecule has 0 amide bonds. The molecule has 0 radical (unpaired) electrons. The fourth-order valence-electron chi connectivity index (χ4n) is 1.36. The van der Waals surface area contributed by atoms with Crippen LogP contribution in [0, 0.1) is 0 Å². The van der Waals surface area contributed by atoms with E-state index < -0.39 is 0 Å². The van der Waals surface area contributed by atoms with Crippen LogP contribution in [0.1, 0.15) is 43.1 Å². The first kappa shape index (κ1) is 11.4. The van der Waals surface area contributed by atoms with Crippen molar-refractivity contribution in [1.29, 1.82) is 0 Å². The molecule has 0 spiro atoms. The number of carbonyl (C=O) groups is 1. The van der Waals surface area contributed by atoms with Crippen molar-refractivity contribution in [1.82, 2.24) is 9.78 Å². The van der Waals surface area contributed by atoms with Crippen LogP contribution in [0.4, 0.5) is 0 Å². The standard InChI is InChI=1S/C10H15BrN2O/c1-2-3-4-5-6-13-10(8-14)9(11)7-12-13/h7-8H,2-6H2,1H3. The quantitative estimate of drug-likeness (QED) is 0.581. The van der Waals surface area contributed by atoms with Crippen LogP contribution >= 0.6 is 15.9 Å². The van der Waals surface area contributed by atoms with E-state index in [-0.39, 0.29) is 0 Å². The Morgan fingerprint density at radius 2 is 2.29 bits per heavy atom. The lowest BCUT2D eigenvalue weighted by atomic mass is 10.2. The molecule has 0 atom stereocenters. The molecule has 1 aromatic rings. The molecule has 1 aromatic heterocycles. The van der Waals surface area contributed by atoms with Crippen molar-refractivity contribution in [2.75, 3.05) is 0 Å². The van der Waals surface area contributed by atoms with Crippen molar-refractivity contribution >= 4 is 22.2 Å². The first-order chi connectivity index (χ1) is 6.79. The Labute approximate surface area is 92.6 Å². The van der Waals surface area contributed by atoms with Crippen LogP contribution in [-0.2, 0) is 6.54 Å². The fraction of sp³-hybridized carbons (Fsp3) is 0.600. The molecular formula is C10H15BrN2O. The number of halogens is 1. The van der Waals surface area contributed by atoms with Gasteiger partial charge >= 0.3 is 0 Å². The predicted molar refractivity (Wildman–Crippen MR) is 59.5 cm³/mol. The molecule has 0 aliphatic rings. The predicted octanol–water partition coefficient (Wildman–Crippen LogP) is 3.04. The van der Waals surface area contributed by atoms with Gasteiger partial charge in [-0.1, -0.05) is 26.2 Å². The van der Waals surface area contributed by atoms with E-state index in [1.807, 2.05) is 0 Å². The maximum Gasteiger partial charge on any atom is 0.169 e. The number of aldehydes is 1. The van der Waals surface area contributed by atoms with Gasteiger partial charge in [0, 0.05) is 6.54 Å². The SMILES string of the molecule is CCCCCCn1ncc(Br)c1C=O. The maximum atomic E-state index is 10.7. The van der Waals surface area contributed by atoms with Crippen molar-refractivity contribution in [3.05, 3.63) is 16.4 Å². The van der Waals surface area contributed by atoms with E-state index in [2.05, 4.69) is 28.0 Å². The molecule has 0 aliphatic carbocycles. The highest BCUT2D eigenvalue weighted by Gasteiger charge is 2.06.